The number of aliphatic carboxylic acids is 1. The lowest BCUT2D eigenvalue weighted by molar-refractivity contribution is -0.138. The predicted molar refractivity (Wildman–Crippen MR) is 71.5 cm³/mol. The molecule has 1 heterocycles. The summed E-state index contributed by atoms with van der Waals surface area (Å²) in [7, 11) is 0. The number of carboxylic acid groups (broad SMARTS) is 1. The molecule has 0 aliphatic heterocycles. The van der Waals surface area contributed by atoms with Gasteiger partial charge in [0, 0.05) is 18.3 Å². The van der Waals surface area contributed by atoms with Crippen molar-refractivity contribution in [1.82, 2.24) is 9.47 Å². The average molecular weight is 285 g/mol. The molecular formula is C13H17ClN2O3. The fraction of sp³-hybridized carbons (Fsp3) is 0.538. The second kappa shape index (κ2) is 5.25. The molecule has 0 radical (unpaired) electrons. The zero-order chi connectivity index (χ0) is 14.2. The Balaban J connectivity index is 2.28. The van der Waals surface area contributed by atoms with Gasteiger partial charge < -0.3 is 14.6 Å². The van der Waals surface area contributed by atoms with E-state index in [1.165, 1.54) is 4.90 Å². The molecule has 1 aliphatic rings. The second-order valence-electron chi connectivity index (χ2n) is 5.10. The maximum atomic E-state index is 12.5. The molecule has 1 amide bonds. The molecule has 0 aromatic carbocycles. The molecule has 1 aromatic rings. The van der Waals surface area contributed by atoms with Crippen LogP contribution in [-0.2, 0) is 4.79 Å². The maximum absolute atomic E-state index is 12.5. The van der Waals surface area contributed by atoms with E-state index in [9.17, 15) is 9.59 Å². The summed E-state index contributed by atoms with van der Waals surface area (Å²) in [5, 5.41) is 9.41. The Morgan fingerprint density at radius 1 is 1.53 bits per heavy atom. The van der Waals surface area contributed by atoms with Crippen LogP contribution in [0.15, 0.2) is 12.3 Å². The number of carbonyl (C=O) groups excluding carboxylic acids is 1. The highest BCUT2D eigenvalue weighted by Gasteiger charge is 2.30. The number of amides is 1. The van der Waals surface area contributed by atoms with Gasteiger partial charge in [-0.15, -0.1) is 0 Å². The minimum Gasteiger partial charge on any atom is -0.480 e. The number of hydrogen-bond donors (Lipinski definition) is 1. The zero-order valence-corrected chi connectivity index (χ0v) is 11.7. The fourth-order valence-corrected chi connectivity index (χ4v) is 2.26. The summed E-state index contributed by atoms with van der Waals surface area (Å²) in [4.78, 5) is 24.7. The average Bonchev–Trinajstić information content (AvgIpc) is 3.08. The Morgan fingerprint density at radius 3 is 2.63 bits per heavy atom. The van der Waals surface area contributed by atoms with Gasteiger partial charge in [0.25, 0.3) is 5.91 Å². The first-order chi connectivity index (χ1) is 8.90. The Hall–Kier alpha value is -1.49. The van der Waals surface area contributed by atoms with E-state index in [-0.39, 0.29) is 18.5 Å². The maximum Gasteiger partial charge on any atom is 0.323 e. The van der Waals surface area contributed by atoms with Gasteiger partial charge in [-0.1, -0.05) is 11.6 Å². The molecule has 1 saturated carbocycles. The quantitative estimate of drug-likeness (QED) is 0.903. The van der Waals surface area contributed by atoms with Crippen molar-refractivity contribution in [2.45, 2.75) is 38.8 Å². The highest BCUT2D eigenvalue weighted by molar-refractivity contribution is 6.31. The number of aromatic nitrogens is 1. The van der Waals surface area contributed by atoms with Crippen molar-refractivity contribution in [3.05, 3.63) is 23.0 Å². The second-order valence-corrected chi connectivity index (χ2v) is 5.54. The van der Waals surface area contributed by atoms with Gasteiger partial charge in [-0.2, -0.15) is 0 Å². The van der Waals surface area contributed by atoms with E-state index in [0.717, 1.165) is 12.8 Å². The highest BCUT2D eigenvalue weighted by atomic mass is 35.5. The first kappa shape index (κ1) is 13.9. The van der Waals surface area contributed by atoms with Crippen molar-refractivity contribution < 1.29 is 14.7 Å². The van der Waals surface area contributed by atoms with Crippen LogP contribution in [0.3, 0.4) is 0 Å². The topological polar surface area (TPSA) is 62.5 Å². The molecule has 0 unspecified atom stereocenters. The van der Waals surface area contributed by atoms with Gasteiger partial charge in [0.2, 0.25) is 0 Å². The molecule has 0 atom stereocenters. The third kappa shape index (κ3) is 3.10. The van der Waals surface area contributed by atoms with E-state index in [4.69, 9.17) is 16.7 Å². The molecular weight excluding hydrogens is 268 g/mol. The van der Waals surface area contributed by atoms with Gasteiger partial charge in [0.1, 0.15) is 12.2 Å². The molecule has 0 saturated heterocycles. The molecule has 104 valence electrons. The molecule has 1 N–H and O–H groups in total. The SMILES string of the molecule is CC(C)N(CC(=O)O)C(=O)c1cc(Cl)cn1C1CC1. The zero-order valence-electron chi connectivity index (χ0n) is 11.0. The van der Waals surface area contributed by atoms with Crippen molar-refractivity contribution in [2.75, 3.05) is 6.54 Å². The summed E-state index contributed by atoms with van der Waals surface area (Å²) >= 11 is 5.96. The third-order valence-corrected chi connectivity index (χ3v) is 3.37. The van der Waals surface area contributed by atoms with E-state index in [2.05, 4.69) is 0 Å². The Bertz CT molecular complexity index is 506. The number of carboxylic acids is 1. The van der Waals surface area contributed by atoms with Crippen LogP contribution in [0.1, 0.15) is 43.2 Å². The van der Waals surface area contributed by atoms with Crippen LogP contribution in [0.4, 0.5) is 0 Å². The van der Waals surface area contributed by atoms with Crippen molar-refractivity contribution in [1.29, 1.82) is 0 Å². The largest absolute Gasteiger partial charge is 0.480 e. The lowest BCUT2D eigenvalue weighted by atomic mass is 10.2. The lowest BCUT2D eigenvalue weighted by Crippen LogP contribution is -2.41. The predicted octanol–water partition coefficient (Wildman–Crippen LogP) is 2.41. The van der Waals surface area contributed by atoms with Crippen molar-refractivity contribution in [3.8, 4) is 0 Å². The normalized spacial score (nSPS) is 14.7. The van der Waals surface area contributed by atoms with E-state index >= 15 is 0 Å². The number of carbonyl (C=O) groups is 2. The minimum atomic E-state index is -1.02. The lowest BCUT2D eigenvalue weighted by Gasteiger charge is -2.25. The molecule has 6 heteroatoms. The first-order valence-corrected chi connectivity index (χ1v) is 6.68. The summed E-state index contributed by atoms with van der Waals surface area (Å²) in [6, 6.07) is 1.76. The molecule has 0 spiro atoms. The van der Waals surface area contributed by atoms with E-state index in [1.807, 2.05) is 4.57 Å². The minimum absolute atomic E-state index is 0.176. The first-order valence-electron chi connectivity index (χ1n) is 6.30. The van der Waals surface area contributed by atoms with Crippen molar-refractivity contribution in [2.24, 2.45) is 0 Å². The van der Waals surface area contributed by atoms with Crippen LogP contribution >= 0.6 is 11.6 Å². The van der Waals surface area contributed by atoms with Crippen LogP contribution < -0.4 is 0 Å². The van der Waals surface area contributed by atoms with Crippen LogP contribution in [0.25, 0.3) is 0 Å². The van der Waals surface area contributed by atoms with Gasteiger partial charge >= 0.3 is 5.97 Å². The number of rotatable bonds is 5. The van der Waals surface area contributed by atoms with Crippen LogP contribution in [0.5, 0.6) is 0 Å². The van der Waals surface area contributed by atoms with Gasteiger partial charge in [0.05, 0.1) is 5.02 Å². The fourth-order valence-electron chi connectivity index (χ4n) is 2.05. The van der Waals surface area contributed by atoms with Crippen molar-refractivity contribution in [3.63, 3.8) is 0 Å². The monoisotopic (exact) mass is 284 g/mol. The van der Waals surface area contributed by atoms with E-state index < -0.39 is 5.97 Å². The summed E-state index contributed by atoms with van der Waals surface area (Å²) in [6.07, 6.45) is 3.81. The van der Waals surface area contributed by atoms with Gasteiger partial charge in [-0.3, -0.25) is 9.59 Å². The third-order valence-electron chi connectivity index (χ3n) is 3.16. The highest BCUT2D eigenvalue weighted by Crippen LogP contribution is 2.37. The molecule has 19 heavy (non-hydrogen) atoms. The van der Waals surface area contributed by atoms with Crippen molar-refractivity contribution >= 4 is 23.5 Å². The number of halogens is 1. The molecule has 5 nitrogen and oxygen atoms in total. The molecule has 1 aromatic heterocycles. The Morgan fingerprint density at radius 2 is 2.16 bits per heavy atom. The summed E-state index contributed by atoms with van der Waals surface area (Å²) in [6.45, 7) is 3.30. The van der Waals surface area contributed by atoms with Crippen LogP contribution in [-0.4, -0.2) is 39.0 Å². The molecule has 0 bridgehead atoms. The summed E-state index contributed by atoms with van der Waals surface area (Å²) < 4.78 is 1.86. The van der Waals surface area contributed by atoms with Gasteiger partial charge in [-0.05, 0) is 32.8 Å². The van der Waals surface area contributed by atoms with Crippen LogP contribution in [0.2, 0.25) is 5.02 Å². The van der Waals surface area contributed by atoms with E-state index in [1.54, 1.807) is 26.1 Å². The Labute approximate surface area is 116 Å². The number of hydrogen-bond acceptors (Lipinski definition) is 2. The summed E-state index contributed by atoms with van der Waals surface area (Å²) in [5.74, 6) is -1.30. The number of nitrogens with zero attached hydrogens (tertiary/aromatic N) is 2. The summed E-state index contributed by atoms with van der Waals surface area (Å²) in [5.41, 5.74) is 0.474. The molecule has 1 fully saturated rings. The standard InChI is InChI=1S/C13H17ClN2O3/c1-8(2)15(7-12(17)18)13(19)11-5-9(14)6-16(11)10-3-4-10/h5-6,8,10H,3-4,7H2,1-2H3,(H,17,18). The smallest absolute Gasteiger partial charge is 0.323 e. The Kier molecular flexibility index (Phi) is 3.85. The van der Waals surface area contributed by atoms with Gasteiger partial charge in [-0.25, -0.2) is 0 Å². The molecule has 2 rings (SSSR count). The van der Waals surface area contributed by atoms with E-state index in [0.29, 0.717) is 16.8 Å². The van der Waals surface area contributed by atoms with Gasteiger partial charge in [0.15, 0.2) is 0 Å². The molecule has 1 aliphatic carbocycles. The van der Waals surface area contributed by atoms with Crippen LogP contribution in [0, 0.1) is 0 Å².